The Bertz CT molecular complexity index is 1510. The van der Waals surface area contributed by atoms with E-state index in [4.69, 9.17) is 10.5 Å². The van der Waals surface area contributed by atoms with Crippen LogP contribution in [0.3, 0.4) is 0 Å². The Hall–Kier alpha value is -4.23. The van der Waals surface area contributed by atoms with E-state index in [1.807, 2.05) is 11.0 Å². The number of hydrogen-bond acceptors (Lipinski definition) is 7. The molecule has 1 aromatic heterocycles. The first-order chi connectivity index (χ1) is 20.5. The van der Waals surface area contributed by atoms with Gasteiger partial charge in [-0.25, -0.2) is 22.6 Å². The number of rotatable bonds is 12. The molecule has 0 aliphatic carbocycles. The van der Waals surface area contributed by atoms with Crippen LogP contribution in [0.1, 0.15) is 48.5 Å². The third-order valence-corrected chi connectivity index (χ3v) is 7.68. The Morgan fingerprint density at radius 2 is 1.79 bits per heavy atom. The Balaban J connectivity index is 1.30. The zero-order valence-electron chi connectivity index (χ0n) is 24.3. The molecule has 13 heteroatoms. The van der Waals surface area contributed by atoms with Crippen molar-refractivity contribution in [2.45, 2.75) is 45.2 Å². The molecule has 4 rings (SSSR count). The third-order valence-electron chi connectivity index (χ3n) is 7.08. The highest BCUT2D eigenvalue weighted by Gasteiger charge is 2.28. The van der Waals surface area contributed by atoms with Gasteiger partial charge in [-0.3, -0.25) is 14.4 Å². The van der Waals surface area contributed by atoms with Gasteiger partial charge >= 0.3 is 6.03 Å². The number of amides is 3. The van der Waals surface area contributed by atoms with Crippen molar-refractivity contribution < 1.29 is 27.1 Å². The Morgan fingerprint density at radius 3 is 2.40 bits per heavy atom. The van der Waals surface area contributed by atoms with Gasteiger partial charge in [-0.1, -0.05) is 19.4 Å². The second-order valence-corrected chi connectivity index (χ2v) is 12.3. The summed E-state index contributed by atoms with van der Waals surface area (Å²) in [5, 5.41) is 2.81. The van der Waals surface area contributed by atoms with Crippen LogP contribution in [-0.4, -0.2) is 67.1 Å². The number of piperidine rings is 1. The molecule has 1 saturated heterocycles. The van der Waals surface area contributed by atoms with Gasteiger partial charge in [0.25, 0.3) is 5.91 Å². The normalized spacial score (nSPS) is 14.2. The Morgan fingerprint density at radius 1 is 1.09 bits per heavy atom. The summed E-state index contributed by atoms with van der Waals surface area (Å²) in [6, 6.07) is 13.9. The van der Waals surface area contributed by atoms with Gasteiger partial charge in [0.1, 0.15) is 11.6 Å². The van der Waals surface area contributed by atoms with Gasteiger partial charge in [0, 0.05) is 55.9 Å². The van der Waals surface area contributed by atoms with Gasteiger partial charge in [-0.15, -0.1) is 0 Å². The average molecular weight is 613 g/mol. The molecule has 3 amide bonds. The van der Waals surface area contributed by atoms with E-state index in [9.17, 15) is 22.4 Å². The lowest BCUT2D eigenvalue weighted by molar-refractivity contribution is 0.0996. The van der Waals surface area contributed by atoms with Crippen molar-refractivity contribution in [2.24, 2.45) is 5.73 Å². The Kier molecular flexibility index (Phi) is 10.5. The summed E-state index contributed by atoms with van der Waals surface area (Å²) in [5.41, 5.74) is 6.78. The summed E-state index contributed by atoms with van der Waals surface area (Å²) in [7, 11) is -3.35. The number of sulfonamides is 1. The molecule has 2 aromatic carbocycles. The zero-order chi connectivity index (χ0) is 31.0. The molecule has 1 aliphatic heterocycles. The summed E-state index contributed by atoms with van der Waals surface area (Å²) in [6.45, 7) is 4.97. The van der Waals surface area contributed by atoms with Crippen molar-refractivity contribution in [3.05, 3.63) is 77.7 Å². The van der Waals surface area contributed by atoms with Crippen LogP contribution in [0.15, 0.2) is 60.8 Å². The number of aromatic nitrogens is 1. The third kappa shape index (κ3) is 9.38. The summed E-state index contributed by atoms with van der Waals surface area (Å²) in [6.07, 6.45) is 6.24. The van der Waals surface area contributed by atoms with Gasteiger partial charge in [0.15, 0.2) is 0 Å². The number of likely N-dealkylation sites (tertiary alicyclic amines) is 1. The van der Waals surface area contributed by atoms with Crippen LogP contribution in [0.2, 0.25) is 0 Å². The molecule has 11 nitrogen and oxygen atoms in total. The van der Waals surface area contributed by atoms with Crippen LogP contribution < -0.4 is 20.5 Å². The zero-order valence-corrected chi connectivity index (χ0v) is 25.1. The molecular weight excluding hydrogens is 575 g/mol. The number of carbonyl (C=O) groups excluding carboxylic acids is 2. The van der Waals surface area contributed by atoms with E-state index in [-0.39, 0.29) is 17.6 Å². The second kappa shape index (κ2) is 14.3. The number of pyridine rings is 1. The number of nitrogens with two attached hydrogens (primary N) is 1. The molecular formula is C30H37FN6O5S. The van der Waals surface area contributed by atoms with E-state index in [0.29, 0.717) is 36.1 Å². The fourth-order valence-electron chi connectivity index (χ4n) is 4.90. The predicted octanol–water partition coefficient (Wildman–Crippen LogP) is 4.78. The maximum absolute atomic E-state index is 13.9. The van der Waals surface area contributed by atoms with Crippen molar-refractivity contribution in [3.63, 3.8) is 0 Å². The smallest absolute Gasteiger partial charge is 0.322 e. The number of ether oxygens (including phenoxy) is 1. The molecule has 2 heterocycles. The van der Waals surface area contributed by atoms with Crippen molar-refractivity contribution in [2.75, 3.05) is 35.9 Å². The number of carbonyl (C=O) groups is 2. The van der Waals surface area contributed by atoms with Gasteiger partial charge in [-0.05, 0) is 67.3 Å². The van der Waals surface area contributed by atoms with Gasteiger partial charge in [0.2, 0.25) is 15.9 Å². The number of unbranched alkanes of at least 4 members (excludes halogenated alkanes) is 1. The maximum atomic E-state index is 13.9. The van der Waals surface area contributed by atoms with Gasteiger partial charge in [0.05, 0.1) is 11.8 Å². The first-order valence-corrected chi connectivity index (χ1v) is 16.0. The van der Waals surface area contributed by atoms with Crippen molar-refractivity contribution in [3.8, 4) is 11.6 Å². The number of primary amides is 1. The van der Waals surface area contributed by atoms with Crippen LogP contribution in [0.4, 0.5) is 20.6 Å². The molecule has 230 valence electrons. The lowest BCUT2D eigenvalue weighted by atomic mass is 10.0. The fourth-order valence-corrected chi connectivity index (χ4v) is 5.47. The van der Waals surface area contributed by atoms with Crippen molar-refractivity contribution in [1.29, 1.82) is 0 Å². The number of nitrogens with one attached hydrogen (secondary N) is 2. The molecule has 4 N–H and O–H groups in total. The Labute approximate surface area is 251 Å². The highest BCUT2D eigenvalue weighted by atomic mass is 32.2. The van der Waals surface area contributed by atoms with Crippen molar-refractivity contribution in [1.82, 2.24) is 14.8 Å². The summed E-state index contributed by atoms with van der Waals surface area (Å²) in [4.78, 5) is 33.3. The fraction of sp³-hybridized carbons (Fsp3) is 0.367. The van der Waals surface area contributed by atoms with E-state index in [1.165, 1.54) is 12.1 Å². The highest BCUT2D eigenvalue weighted by Crippen LogP contribution is 2.24. The first kappa shape index (κ1) is 31.7. The summed E-state index contributed by atoms with van der Waals surface area (Å²) >= 11 is 0. The quantitative estimate of drug-likeness (QED) is 0.267. The molecule has 0 spiro atoms. The predicted molar refractivity (Wildman–Crippen MR) is 163 cm³/mol. The minimum absolute atomic E-state index is 0.0479. The molecule has 1 fully saturated rings. The van der Waals surface area contributed by atoms with E-state index in [2.05, 4.69) is 26.8 Å². The molecule has 1 aliphatic rings. The molecule has 3 aromatic rings. The highest BCUT2D eigenvalue weighted by molar-refractivity contribution is 7.92. The van der Waals surface area contributed by atoms with Crippen LogP contribution >= 0.6 is 0 Å². The van der Waals surface area contributed by atoms with Crippen molar-refractivity contribution >= 4 is 33.3 Å². The topological polar surface area (TPSA) is 147 Å². The lowest BCUT2D eigenvalue weighted by Crippen LogP contribution is -2.49. The maximum Gasteiger partial charge on any atom is 0.322 e. The van der Waals surface area contributed by atoms with E-state index in [1.54, 1.807) is 36.5 Å². The van der Waals surface area contributed by atoms with Crippen LogP contribution in [-0.2, 0) is 16.6 Å². The monoisotopic (exact) mass is 612 g/mol. The minimum atomic E-state index is -3.35. The summed E-state index contributed by atoms with van der Waals surface area (Å²) in [5.74, 6) is -0.662. The largest absolute Gasteiger partial charge is 0.439 e. The molecule has 0 atom stereocenters. The van der Waals surface area contributed by atoms with E-state index >= 15 is 0 Å². The van der Waals surface area contributed by atoms with E-state index in [0.717, 1.165) is 56.7 Å². The van der Waals surface area contributed by atoms with Gasteiger partial charge < -0.3 is 20.7 Å². The van der Waals surface area contributed by atoms with Crippen LogP contribution in [0.25, 0.3) is 0 Å². The molecule has 0 bridgehead atoms. The number of halogens is 1. The molecule has 43 heavy (non-hydrogen) atoms. The molecule has 0 radical (unpaired) electrons. The standard InChI is InChI=1S/C30H37FN6O5S/c1-3-4-15-37(30(39)34-23-8-11-27(31)26(18-23)29(32)38)24-13-16-36(17-14-24)20-21-5-12-28(33-19-21)42-25-9-6-22(7-10-25)35-43(2,40)41/h5-12,18-19,24,35H,3-4,13-17,20H2,1-2H3,(H2,32,38)(H,34,39). The molecule has 0 saturated carbocycles. The minimum Gasteiger partial charge on any atom is -0.439 e. The van der Waals surface area contributed by atoms with Crippen LogP contribution in [0.5, 0.6) is 11.6 Å². The van der Waals surface area contributed by atoms with Crippen LogP contribution in [0, 0.1) is 5.82 Å². The second-order valence-electron chi connectivity index (χ2n) is 10.5. The SMILES string of the molecule is CCCCN(C(=O)Nc1ccc(F)c(C(N)=O)c1)C1CCN(Cc2ccc(Oc3ccc(NS(C)(=O)=O)cc3)nc2)CC1. The number of nitrogens with zero attached hydrogens (tertiary/aromatic N) is 3. The number of anilines is 2. The first-order valence-electron chi connectivity index (χ1n) is 14.1. The summed E-state index contributed by atoms with van der Waals surface area (Å²) < 4.78 is 44.8. The number of hydrogen-bond donors (Lipinski definition) is 3. The lowest BCUT2D eigenvalue weighted by Gasteiger charge is -2.38. The number of urea groups is 1. The molecule has 0 unspecified atom stereocenters. The average Bonchev–Trinajstić information content (AvgIpc) is 2.96. The number of benzene rings is 2. The van der Waals surface area contributed by atoms with Gasteiger partial charge in [-0.2, -0.15) is 0 Å². The van der Waals surface area contributed by atoms with E-state index < -0.39 is 21.7 Å².